The first-order valence-electron chi connectivity index (χ1n) is 7.99. The van der Waals surface area contributed by atoms with Crippen molar-refractivity contribution in [3.05, 3.63) is 0 Å². The summed E-state index contributed by atoms with van der Waals surface area (Å²) >= 11 is 0. The van der Waals surface area contributed by atoms with Crippen LogP contribution in [0.15, 0.2) is 0 Å². The number of esters is 1. The number of carbonyl (C=O) groups is 2. The number of carbonyl (C=O) groups excluding carboxylic acids is 2. The molecule has 4 rings (SSSR count). The molecule has 4 bridgehead atoms. The van der Waals surface area contributed by atoms with Crippen LogP contribution in [0, 0.1) is 28.6 Å². The minimum Gasteiger partial charge on any atom is -0.457 e. The van der Waals surface area contributed by atoms with Crippen LogP contribution in [0.25, 0.3) is 0 Å². The van der Waals surface area contributed by atoms with E-state index in [4.69, 9.17) is 4.74 Å². The summed E-state index contributed by atoms with van der Waals surface area (Å²) in [4.78, 5) is 24.5. The first kappa shape index (κ1) is 14.1. The number of ketones is 1. The molecule has 0 aliphatic heterocycles. The summed E-state index contributed by atoms with van der Waals surface area (Å²) in [5.41, 5.74) is -0.672. The summed E-state index contributed by atoms with van der Waals surface area (Å²) in [6, 6.07) is 0. The van der Waals surface area contributed by atoms with Gasteiger partial charge in [-0.05, 0) is 77.0 Å². The molecular weight excluding hydrogens is 252 g/mol. The van der Waals surface area contributed by atoms with E-state index in [0.717, 1.165) is 37.0 Å². The van der Waals surface area contributed by atoms with E-state index >= 15 is 0 Å². The molecule has 3 nitrogen and oxygen atoms in total. The summed E-state index contributed by atoms with van der Waals surface area (Å²) in [6.07, 6.45) is 7.12. The molecule has 0 saturated heterocycles. The highest BCUT2D eigenvalue weighted by Gasteiger charge is 2.54. The van der Waals surface area contributed by atoms with Crippen molar-refractivity contribution in [1.82, 2.24) is 0 Å². The zero-order valence-electron chi connectivity index (χ0n) is 12.9. The molecule has 0 amide bonds. The molecule has 0 aromatic carbocycles. The molecule has 0 heterocycles. The molecule has 0 unspecified atom stereocenters. The highest BCUT2D eigenvalue weighted by molar-refractivity contribution is 5.88. The van der Waals surface area contributed by atoms with E-state index in [0.29, 0.717) is 0 Å². The highest BCUT2D eigenvalue weighted by Crippen LogP contribution is 2.60. The van der Waals surface area contributed by atoms with Gasteiger partial charge in [-0.25, -0.2) is 0 Å². The molecule has 4 fully saturated rings. The first-order chi connectivity index (χ1) is 9.28. The van der Waals surface area contributed by atoms with Gasteiger partial charge in [0.25, 0.3) is 0 Å². The summed E-state index contributed by atoms with van der Waals surface area (Å²) in [5, 5.41) is 0. The van der Waals surface area contributed by atoms with Gasteiger partial charge in [0, 0.05) is 5.41 Å². The smallest absolute Gasteiger partial charge is 0.311 e. The van der Waals surface area contributed by atoms with Gasteiger partial charge >= 0.3 is 5.97 Å². The maximum atomic E-state index is 12.7. The van der Waals surface area contributed by atoms with Crippen molar-refractivity contribution in [3.63, 3.8) is 0 Å². The maximum Gasteiger partial charge on any atom is 0.311 e. The Morgan fingerprint density at radius 3 is 1.85 bits per heavy atom. The van der Waals surface area contributed by atoms with Gasteiger partial charge in [-0.15, -0.1) is 0 Å². The van der Waals surface area contributed by atoms with Gasteiger partial charge in [0.15, 0.2) is 12.4 Å². The van der Waals surface area contributed by atoms with Crippen LogP contribution in [0.4, 0.5) is 0 Å². The van der Waals surface area contributed by atoms with Crippen molar-refractivity contribution in [2.45, 2.75) is 59.3 Å². The fraction of sp³-hybridized carbons (Fsp3) is 0.882. The molecule has 20 heavy (non-hydrogen) atoms. The van der Waals surface area contributed by atoms with E-state index in [1.165, 1.54) is 19.3 Å². The van der Waals surface area contributed by atoms with Crippen LogP contribution < -0.4 is 0 Å². The minimum absolute atomic E-state index is 0.0116. The van der Waals surface area contributed by atoms with E-state index in [9.17, 15) is 9.59 Å². The lowest BCUT2D eigenvalue weighted by Crippen LogP contribution is -2.51. The monoisotopic (exact) mass is 278 g/mol. The molecule has 0 spiro atoms. The van der Waals surface area contributed by atoms with Crippen molar-refractivity contribution in [1.29, 1.82) is 0 Å². The zero-order valence-corrected chi connectivity index (χ0v) is 12.9. The molecule has 4 saturated carbocycles. The summed E-state index contributed by atoms with van der Waals surface area (Å²) in [6.45, 7) is 5.46. The Bertz CT molecular complexity index is 395. The second-order valence-corrected chi connectivity index (χ2v) is 8.45. The zero-order chi connectivity index (χ0) is 14.5. The largest absolute Gasteiger partial charge is 0.457 e. The Hall–Kier alpha value is -0.860. The second kappa shape index (κ2) is 4.57. The first-order valence-corrected chi connectivity index (χ1v) is 7.99. The molecular formula is C17H26O3. The summed E-state index contributed by atoms with van der Waals surface area (Å²) in [7, 11) is 0. The highest BCUT2D eigenvalue weighted by atomic mass is 16.5. The van der Waals surface area contributed by atoms with Crippen molar-refractivity contribution in [3.8, 4) is 0 Å². The number of hydrogen-bond donors (Lipinski definition) is 0. The number of rotatable bonds is 3. The van der Waals surface area contributed by atoms with E-state index in [2.05, 4.69) is 0 Å². The molecule has 4 aliphatic carbocycles. The second-order valence-electron chi connectivity index (χ2n) is 8.45. The molecule has 0 N–H and O–H groups in total. The van der Waals surface area contributed by atoms with Crippen molar-refractivity contribution in [2.24, 2.45) is 28.6 Å². The number of hydrogen-bond acceptors (Lipinski definition) is 3. The molecule has 0 aromatic rings. The topological polar surface area (TPSA) is 43.4 Å². The summed E-state index contributed by atoms with van der Waals surface area (Å²) < 4.78 is 5.27. The van der Waals surface area contributed by atoms with E-state index in [1.807, 2.05) is 20.8 Å². The quantitative estimate of drug-likeness (QED) is 0.743. The van der Waals surface area contributed by atoms with Gasteiger partial charge in [0.2, 0.25) is 0 Å². The van der Waals surface area contributed by atoms with E-state index in [-0.39, 0.29) is 23.8 Å². The number of ether oxygens (including phenoxy) is 1. The minimum atomic E-state index is -0.526. The third-order valence-corrected chi connectivity index (χ3v) is 5.58. The van der Waals surface area contributed by atoms with Crippen molar-refractivity contribution in [2.75, 3.05) is 6.61 Å². The molecule has 3 heteroatoms. The van der Waals surface area contributed by atoms with Gasteiger partial charge in [-0.1, -0.05) is 0 Å². The van der Waals surface area contributed by atoms with Crippen LogP contribution >= 0.6 is 0 Å². The fourth-order valence-corrected chi connectivity index (χ4v) is 4.95. The van der Waals surface area contributed by atoms with Crippen LogP contribution in [0.1, 0.15) is 59.3 Å². The predicted octanol–water partition coefficient (Wildman–Crippen LogP) is 3.36. The van der Waals surface area contributed by atoms with Crippen LogP contribution in [0.2, 0.25) is 0 Å². The third kappa shape index (κ3) is 2.40. The lowest BCUT2D eigenvalue weighted by molar-refractivity contribution is -0.162. The Morgan fingerprint density at radius 1 is 1.00 bits per heavy atom. The SMILES string of the molecule is CC(C)(C)C(=O)OCC(=O)C12CC3CC(CC(C3)C1)C2. The molecule has 0 aromatic heterocycles. The number of Topliss-reactive ketones (excluding diaryl/α,β-unsaturated/α-hetero) is 1. The van der Waals surface area contributed by atoms with E-state index in [1.54, 1.807) is 0 Å². The van der Waals surface area contributed by atoms with Crippen LogP contribution in [-0.4, -0.2) is 18.4 Å². The van der Waals surface area contributed by atoms with Crippen LogP contribution in [-0.2, 0) is 14.3 Å². The van der Waals surface area contributed by atoms with Crippen LogP contribution in [0.3, 0.4) is 0 Å². The molecule has 0 radical (unpaired) electrons. The predicted molar refractivity (Wildman–Crippen MR) is 76.0 cm³/mol. The maximum absolute atomic E-state index is 12.7. The van der Waals surface area contributed by atoms with Crippen molar-refractivity contribution >= 4 is 11.8 Å². The standard InChI is InChI=1S/C17H26O3/c1-16(2,3)15(19)20-10-14(18)17-7-11-4-12(8-17)6-13(5-11)9-17/h11-13H,4-10H2,1-3H3. The van der Waals surface area contributed by atoms with Crippen molar-refractivity contribution < 1.29 is 14.3 Å². The lowest BCUT2D eigenvalue weighted by Gasteiger charge is -2.55. The van der Waals surface area contributed by atoms with Gasteiger partial charge in [0.1, 0.15) is 0 Å². The van der Waals surface area contributed by atoms with E-state index < -0.39 is 5.41 Å². The van der Waals surface area contributed by atoms with Gasteiger partial charge in [-0.3, -0.25) is 9.59 Å². The van der Waals surface area contributed by atoms with Gasteiger partial charge in [-0.2, -0.15) is 0 Å². The van der Waals surface area contributed by atoms with Gasteiger partial charge in [0.05, 0.1) is 5.41 Å². The molecule has 0 atom stereocenters. The van der Waals surface area contributed by atoms with Gasteiger partial charge < -0.3 is 4.74 Å². The Kier molecular flexibility index (Phi) is 3.22. The molecule has 4 aliphatic rings. The fourth-order valence-electron chi connectivity index (χ4n) is 4.95. The third-order valence-electron chi connectivity index (χ3n) is 5.58. The molecule has 112 valence electrons. The Morgan fingerprint density at radius 2 is 1.45 bits per heavy atom. The average Bonchev–Trinajstić information content (AvgIpc) is 2.32. The normalized spacial score (nSPS) is 38.9. The Balaban J connectivity index is 1.64. The lowest BCUT2D eigenvalue weighted by atomic mass is 9.48. The summed E-state index contributed by atoms with van der Waals surface area (Å²) in [5.74, 6) is 2.18. The Labute approximate surface area is 121 Å². The van der Waals surface area contributed by atoms with Crippen LogP contribution in [0.5, 0.6) is 0 Å². The average molecular weight is 278 g/mol.